The van der Waals surface area contributed by atoms with Crippen molar-refractivity contribution in [2.75, 3.05) is 6.54 Å². The van der Waals surface area contributed by atoms with Gasteiger partial charge in [-0.05, 0) is 37.0 Å². The van der Waals surface area contributed by atoms with Gasteiger partial charge in [-0.25, -0.2) is 0 Å². The minimum absolute atomic E-state index is 1.03. The lowest BCUT2D eigenvalue weighted by Crippen LogP contribution is -2.13. The molecule has 0 bridgehead atoms. The highest BCUT2D eigenvalue weighted by Crippen LogP contribution is 2.12. The van der Waals surface area contributed by atoms with Crippen molar-refractivity contribution in [1.82, 2.24) is 5.32 Å². The Bertz CT molecular complexity index is 511. The summed E-state index contributed by atoms with van der Waals surface area (Å²) in [6.45, 7) is 1.03. The van der Waals surface area contributed by atoms with Crippen LogP contribution >= 0.6 is 0 Å². The van der Waals surface area contributed by atoms with Gasteiger partial charge in [0.1, 0.15) is 0 Å². The molecule has 0 aromatic carbocycles. The van der Waals surface area contributed by atoms with Crippen LogP contribution in [-0.2, 0) is 0 Å². The van der Waals surface area contributed by atoms with E-state index in [4.69, 9.17) is 0 Å². The first-order valence-electron chi connectivity index (χ1n) is 8.11. The van der Waals surface area contributed by atoms with Crippen LogP contribution in [-0.4, -0.2) is 6.54 Å². The van der Waals surface area contributed by atoms with Crippen LogP contribution in [0.2, 0.25) is 0 Å². The van der Waals surface area contributed by atoms with Gasteiger partial charge in [-0.3, -0.25) is 0 Å². The Morgan fingerprint density at radius 1 is 0.591 bits per heavy atom. The predicted octanol–water partition coefficient (Wildman–Crippen LogP) is 5.31. The summed E-state index contributed by atoms with van der Waals surface area (Å²) in [5.41, 5.74) is 2.60. The Hall–Kier alpha value is -2.28. The van der Waals surface area contributed by atoms with E-state index in [9.17, 15) is 0 Å². The lowest BCUT2D eigenvalue weighted by Gasteiger charge is -2.07. The second kappa shape index (κ2) is 10.4. The van der Waals surface area contributed by atoms with Crippen LogP contribution in [0.5, 0.6) is 0 Å². The van der Waals surface area contributed by atoms with Crippen LogP contribution in [0.15, 0.2) is 96.3 Å². The molecule has 2 rings (SSSR count). The van der Waals surface area contributed by atoms with E-state index in [2.05, 4.69) is 72.2 Å². The Kier molecular flexibility index (Phi) is 7.64. The molecule has 0 unspecified atom stereocenters. The van der Waals surface area contributed by atoms with Gasteiger partial charge in [0.05, 0.1) is 0 Å². The van der Waals surface area contributed by atoms with Gasteiger partial charge in [0.2, 0.25) is 0 Å². The van der Waals surface area contributed by atoms with E-state index in [1.165, 1.54) is 30.5 Å². The van der Waals surface area contributed by atoms with Crippen molar-refractivity contribution in [1.29, 1.82) is 0 Å². The zero-order chi connectivity index (χ0) is 15.3. The lowest BCUT2D eigenvalue weighted by molar-refractivity contribution is 0.648. The molecule has 0 atom stereocenters. The first kappa shape index (κ1) is 16.1. The van der Waals surface area contributed by atoms with E-state index in [1.54, 1.807) is 0 Å². The second-order valence-corrected chi connectivity index (χ2v) is 5.36. The number of hydrogen-bond donors (Lipinski definition) is 1. The van der Waals surface area contributed by atoms with Gasteiger partial charge >= 0.3 is 0 Å². The molecule has 22 heavy (non-hydrogen) atoms. The third-order valence-corrected chi connectivity index (χ3v) is 3.53. The molecule has 0 saturated heterocycles. The smallest absolute Gasteiger partial charge is 0.0340 e. The Morgan fingerprint density at radius 2 is 1.27 bits per heavy atom. The zero-order valence-corrected chi connectivity index (χ0v) is 13.1. The number of allylic oxidation sites excluding steroid dienone is 15. The SMILES string of the molecule is C1=C/C=C\C(CCCCCNC2=C/C=C\C=C/C=C2)=C/C=C1. The summed E-state index contributed by atoms with van der Waals surface area (Å²) in [6, 6.07) is 0. The van der Waals surface area contributed by atoms with Crippen molar-refractivity contribution >= 4 is 0 Å². The molecule has 114 valence electrons. The molecule has 0 aliphatic heterocycles. The van der Waals surface area contributed by atoms with Crippen LogP contribution in [0, 0.1) is 0 Å². The quantitative estimate of drug-likeness (QED) is 0.627. The first-order chi connectivity index (χ1) is 10.9. The van der Waals surface area contributed by atoms with E-state index in [1.807, 2.05) is 18.2 Å². The molecule has 1 heteroatoms. The summed E-state index contributed by atoms with van der Waals surface area (Å²) < 4.78 is 0. The minimum atomic E-state index is 1.03. The highest BCUT2D eigenvalue weighted by molar-refractivity contribution is 5.31. The maximum Gasteiger partial charge on any atom is 0.0340 e. The molecule has 1 N–H and O–H groups in total. The van der Waals surface area contributed by atoms with Crippen molar-refractivity contribution in [3.8, 4) is 0 Å². The Morgan fingerprint density at radius 3 is 2.14 bits per heavy atom. The van der Waals surface area contributed by atoms with Crippen molar-refractivity contribution in [2.24, 2.45) is 0 Å². The number of unbranched alkanes of at least 4 members (excludes halogenated alkanes) is 2. The molecule has 0 heterocycles. The van der Waals surface area contributed by atoms with Gasteiger partial charge < -0.3 is 5.32 Å². The molecule has 2 aliphatic carbocycles. The third-order valence-electron chi connectivity index (χ3n) is 3.53. The molecule has 0 aromatic rings. The third kappa shape index (κ3) is 6.94. The molecule has 1 nitrogen and oxygen atoms in total. The lowest BCUT2D eigenvalue weighted by atomic mass is 10.1. The standard InChI is InChI=1S/C21H25N/c1-3-8-14-20(15-9-4-1)16-10-7-13-19-22-21-17-11-5-2-6-12-18-21/h1-6,8-9,11-12,14-15,17-18,22H,7,10,13,16,19H2/b3-1?,4-1?,5-2-,6-2?,8-3?,9-4?,11-5?,12-6-,14-8-,15-9?,17-11?,18-12?,20-14?,20-15+,21-17?,21-18?. The summed E-state index contributed by atoms with van der Waals surface area (Å²) in [5, 5.41) is 3.49. The fraction of sp³-hybridized carbons (Fsp3) is 0.238. The summed E-state index contributed by atoms with van der Waals surface area (Å²) in [5.74, 6) is 0. The van der Waals surface area contributed by atoms with Crippen LogP contribution in [0.25, 0.3) is 0 Å². The monoisotopic (exact) mass is 291 g/mol. The fourth-order valence-electron chi connectivity index (χ4n) is 2.32. The number of rotatable bonds is 7. The Labute approximate surface area is 134 Å². The molecule has 2 aliphatic rings. The number of hydrogen-bond acceptors (Lipinski definition) is 1. The average Bonchev–Trinajstić information content (AvgIpc) is 2.46. The highest BCUT2D eigenvalue weighted by Gasteiger charge is 1.95. The van der Waals surface area contributed by atoms with Gasteiger partial charge in [-0.2, -0.15) is 0 Å². The van der Waals surface area contributed by atoms with Gasteiger partial charge in [0, 0.05) is 12.2 Å². The summed E-state index contributed by atoms with van der Waals surface area (Å²) in [6.07, 6.45) is 34.2. The predicted molar refractivity (Wildman–Crippen MR) is 97.5 cm³/mol. The summed E-state index contributed by atoms with van der Waals surface area (Å²) in [4.78, 5) is 0. The van der Waals surface area contributed by atoms with E-state index in [0.717, 1.165) is 13.0 Å². The van der Waals surface area contributed by atoms with E-state index >= 15 is 0 Å². The fourth-order valence-corrected chi connectivity index (χ4v) is 2.32. The summed E-state index contributed by atoms with van der Waals surface area (Å²) in [7, 11) is 0. The minimum Gasteiger partial charge on any atom is -0.385 e. The van der Waals surface area contributed by atoms with Crippen LogP contribution in [0.1, 0.15) is 25.7 Å². The molecular formula is C21H25N. The van der Waals surface area contributed by atoms with Crippen LogP contribution in [0.4, 0.5) is 0 Å². The molecule has 0 fully saturated rings. The highest BCUT2D eigenvalue weighted by atomic mass is 14.9. The van der Waals surface area contributed by atoms with E-state index in [-0.39, 0.29) is 0 Å². The van der Waals surface area contributed by atoms with Crippen molar-refractivity contribution in [3.63, 3.8) is 0 Å². The molecule has 0 aromatic heterocycles. The molecular weight excluding hydrogens is 266 g/mol. The number of nitrogens with one attached hydrogen (secondary N) is 1. The average molecular weight is 291 g/mol. The maximum absolute atomic E-state index is 3.49. The zero-order valence-electron chi connectivity index (χ0n) is 13.1. The first-order valence-corrected chi connectivity index (χ1v) is 8.11. The maximum atomic E-state index is 3.49. The molecule has 0 radical (unpaired) electrons. The van der Waals surface area contributed by atoms with Gasteiger partial charge in [0.15, 0.2) is 0 Å². The van der Waals surface area contributed by atoms with Gasteiger partial charge in [-0.15, -0.1) is 0 Å². The van der Waals surface area contributed by atoms with Crippen molar-refractivity contribution in [2.45, 2.75) is 25.7 Å². The summed E-state index contributed by atoms with van der Waals surface area (Å²) >= 11 is 0. The van der Waals surface area contributed by atoms with Crippen molar-refractivity contribution < 1.29 is 0 Å². The van der Waals surface area contributed by atoms with Crippen molar-refractivity contribution in [3.05, 3.63) is 96.3 Å². The van der Waals surface area contributed by atoms with E-state index < -0.39 is 0 Å². The van der Waals surface area contributed by atoms with Gasteiger partial charge in [0.25, 0.3) is 0 Å². The van der Waals surface area contributed by atoms with Crippen LogP contribution < -0.4 is 5.32 Å². The second-order valence-electron chi connectivity index (χ2n) is 5.36. The Balaban J connectivity index is 1.59. The molecule has 0 saturated carbocycles. The van der Waals surface area contributed by atoms with E-state index in [0.29, 0.717) is 0 Å². The molecule has 0 amide bonds. The topological polar surface area (TPSA) is 12.0 Å². The largest absolute Gasteiger partial charge is 0.385 e. The van der Waals surface area contributed by atoms with Gasteiger partial charge in [-0.1, -0.05) is 79.3 Å². The van der Waals surface area contributed by atoms with Crippen LogP contribution in [0.3, 0.4) is 0 Å². The normalized spacial score (nSPS) is 23.3. The molecule has 0 spiro atoms.